The molecule has 4 nitrogen and oxygen atoms in total. The van der Waals surface area contributed by atoms with Gasteiger partial charge in [0.1, 0.15) is 22.5 Å². The maximum absolute atomic E-state index is 11.8. The SMILES string of the molecule is N#Cc1cccc(NC(=O)c2sccc2Cl)n1. The molecule has 0 fully saturated rings. The molecule has 0 saturated heterocycles. The van der Waals surface area contributed by atoms with Gasteiger partial charge in [-0.15, -0.1) is 11.3 Å². The van der Waals surface area contributed by atoms with Crippen LogP contribution < -0.4 is 5.32 Å². The molecule has 0 atom stereocenters. The third-order valence-corrected chi connectivity index (χ3v) is 3.27. The Balaban J connectivity index is 2.19. The second-order valence-corrected chi connectivity index (χ2v) is 4.39. The minimum absolute atomic E-state index is 0.250. The molecular formula is C11H6ClN3OS. The Morgan fingerprint density at radius 1 is 1.47 bits per heavy atom. The first-order valence-electron chi connectivity index (χ1n) is 4.62. The van der Waals surface area contributed by atoms with Crippen molar-refractivity contribution in [2.45, 2.75) is 0 Å². The Hall–Kier alpha value is -1.90. The van der Waals surface area contributed by atoms with Gasteiger partial charge in [-0.05, 0) is 23.6 Å². The molecule has 2 aromatic rings. The molecule has 2 rings (SSSR count). The van der Waals surface area contributed by atoms with E-state index in [0.29, 0.717) is 15.7 Å². The zero-order valence-electron chi connectivity index (χ0n) is 8.48. The fourth-order valence-corrected chi connectivity index (χ4v) is 2.23. The second kappa shape index (κ2) is 4.95. The van der Waals surface area contributed by atoms with Crippen molar-refractivity contribution in [1.29, 1.82) is 5.26 Å². The van der Waals surface area contributed by atoms with Gasteiger partial charge < -0.3 is 5.32 Å². The summed E-state index contributed by atoms with van der Waals surface area (Å²) >= 11 is 7.09. The van der Waals surface area contributed by atoms with Crippen LogP contribution in [0.3, 0.4) is 0 Å². The smallest absolute Gasteiger partial charge is 0.268 e. The Morgan fingerprint density at radius 3 is 2.94 bits per heavy atom. The van der Waals surface area contributed by atoms with Gasteiger partial charge in [-0.2, -0.15) is 5.26 Å². The summed E-state index contributed by atoms with van der Waals surface area (Å²) in [4.78, 5) is 16.2. The van der Waals surface area contributed by atoms with Gasteiger partial charge in [-0.1, -0.05) is 17.7 Å². The predicted octanol–water partition coefficient (Wildman–Crippen LogP) is 2.92. The summed E-state index contributed by atoms with van der Waals surface area (Å²) in [6.45, 7) is 0. The van der Waals surface area contributed by atoms with Crippen molar-refractivity contribution < 1.29 is 4.79 Å². The second-order valence-electron chi connectivity index (χ2n) is 3.07. The molecule has 0 radical (unpaired) electrons. The van der Waals surface area contributed by atoms with E-state index < -0.39 is 0 Å². The number of amides is 1. The summed E-state index contributed by atoms with van der Waals surface area (Å²) in [5, 5.41) is 13.4. The summed E-state index contributed by atoms with van der Waals surface area (Å²) in [5.74, 6) is 0.00565. The van der Waals surface area contributed by atoms with Crippen LogP contribution in [0.25, 0.3) is 0 Å². The summed E-state index contributed by atoms with van der Waals surface area (Å²) in [6.07, 6.45) is 0. The molecule has 0 spiro atoms. The lowest BCUT2D eigenvalue weighted by atomic mass is 10.3. The lowest BCUT2D eigenvalue weighted by Gasteiger charge is -2.02. The molecule has 0 bridgehead atoms. The number of nitrogens with zero attached hydrogens (tertiary/aromatic N) is 2. The van der Waals surface area contributed by atoms with Crippen LogP contribution in [0.4, 0.5) is 5.82 Å². The van der Waals surface area contributed by atoms with Gasteiger partial charge >= 0.3 is 0 Å². The maximum Gasteiger partial charge on any atom is 0.268 e. The van der Waals surface area contributed by atoms with Crippen molar-refractivity contribution >= 4 is 34.7 Å². The van der Waals surface area contributed by atoms with Crippen LogP contribution in [-0.2, 0) is 0 Å². The monoisotopic (exact) mass is 263 g/mol. The average molecular weight is 264 g/mol. The van der Waals surface area contributed by atoms with Crippen LogP contribution in [0.15, 0.2) is 29.6 Å². The molecule has 2 heterocycles. The molecule has 0 unspecified atom stereocenters. The largest absolute Gasteiger partial charge is 0.306 e. The average Bonchev–Trinajstić information content (AvgIpc) is 2.76. The number of halogens is 1. The quantitative estimate of drug-likeness (QED) is 0.906. The molecule has 84 valence electrons. The van der Waals surface area contributed by atoms with E-state index in [4.69, 9.17) is 16.9 Å². The topological polar surface area (TPSA) is 65.8 Å². The lowest BCUT2D eigenvalue weighted by Crippen LogP contribution is -2.12. The van der Waals surface area contributed by atoms with E-state index in [1.165, 1.54) is 11.3 Å². The first-order valence-corrected chi connectivity index (χ1v) is 5.88. The highest BCUT2D eigenvalue weighted by atomic mass is 35.5. The summed E-state index contributed by atoms with van der Waals surface area (Å²) < 4.78 is 0. The van der Waals surface area contributed by atoms with Gasteiger partial charge in [-0.3, -0.25) is 4.79 Å². The van der Waals surface area contributed by atoms with Gasteiger partial charge in [0.25, 0.3) is 5.91 Å². The van der Waals surface area contributed by atoms with E-state index in [1.54, 1.807) is 29.6 Å². The summed E-state index contributed by atoms with van der Waals surface area (Å²) in [6, 6.07) is 8.38. The molecule has 17 heavy (non-hydrogen) atoms. The molecule has 0 aromatic carbocycles. The standard InChI is InChI=1S/C11H6ClN3OS/c12-8-4-5-17-10(8)11(16)15-9-3-1-2-7(6-13)14-9/h1-5H,(H,14,15,16). The highest BCUT2D eigenvalue weighted by molar-refractivity contribution is 7.12. The van der Waals surface area contributed by atoms with Gasteiger partial charge in [0.05, 0.1) is 5.02 Å². The van der Waals surface area contributed by atoms with Crippen molar-refractivity contribution in [1.82, 2.24) is 4.98 Å². The van der Waals surface area contributed by atoms with Gasteiger partial charge in [0, 0.05) is 0 Å². The highest BCUT2D eigenvalue weighted by Crippen LogP contribution is 2.22. The van der Waals surface area contributed by atoms with Crippen molar-refractivity contribution in [3.05, 3.63) is 45.2 Å². The minimum atomic E-state index is -0.326. The van der Waals surface area contributed by atoms with Crippen LogP contribution in [0.5, 0.6) is 0 Å². The molecular weight excluding hydrogens is 258 g/mol. The van der Waals surface area contributed by atoms with E-state index in [9.17, 15) is 4.79 Å². The lowest BCUT2D eigenvalue weighted by molar-refractivity contribution is 0.103. The molecule has 0 aliphatic heterocycles. The van der Waals surface area contributed by atoms with Crippen molar-refractivity contribution in [2.24, 2.45) is 0 Å². The molecule has 1 N–H and O–H groups in total. The number of nitriles is 1. The Bertz CT molecular complexity index is 603. The number of anilines is 1. The number of hydrogen-bond donors (Lipinski definition) is 1. The van der Waals surface area contributed by atoms with E-state index in [2.05, 4.69) is 10.3 Å². The number of thiophene rings is 1. The Morgan fingerprint density at radius 2 is 2.29 bits per heavy atom. The molecule has 0 aliphatic carbocycles. The Labute approximate surface area is 106 Å². The molecule has 0 saturated carbocycles. The maximum atomic E-state index is 11.8. The fraction of sp³-hybridized carbons (Fsp3) is 0. The number of carbonyl (C=O) groups is 1. The minimum Gasteiger partial charge on any atom is -0.306 e. The van der Waals surface area contributed by atoms with E-state index >= 15 is 0 Å². The molecule has 6 heteroatoms. The number of pyridine rings is 1. The third kappa shape index (κ3) is 2.61. The molecule has 1 amide bonds. The number of rotatable bonds is 2. The van der Waals surface area contributed by atoms with Crippen LogP contribution >= 0.6 is 22.9 Å². The van der Waals surface area contributed by atoms with Crippen molar-refractivity contribution in [3.8, 4) is 6.07 Å². The summed E-state index contributed by atoms with van der Waals surface area (Å²) in [7, 11) is 0. The zero-order chi connectivity index (χ0) is 12.3. The number of aromatic nitrogens is 1. The van der Waals surface area contributed by atoms with Crippen LogP contribution in [0, 0.1) is 11.3 Å². The van der Waals surface area contributed by atoms with Crippen LogP contribution in [-0.4, -0.2) is 10.9 Å². The fourth-order valence-electron chi connectivity index (χ4n) is 1.20. The van der Waals surface area contributed by atoms with Gasteiger partial charge in [-0.25, -0.2) is 4.98 Å². The van der Waals surface area contributed by atoms with Crippen molar-refractivity contribution in [3.63, 3.8) is 0 Å². The van der Waals surface area contributed by atoms with Crippen LogP contribution in [0.1, 0.15) is 15.4 Å². The van der Waals surface area contributed by atoms with Gasteiger partial charge in [0.15, 0.2) is 0 Å². The number of carbonyl (C=O) groups excluding carboxylic acids is 1. The predicted molar refractivity (Wildman–Crippen MR) is 66.2 cm³/mol. The highest BCUT2D eigenvalue weighted by Gasteiger charge is 2.12. The molecule has 0 aliphatic rings. The zero-order valence-corrected chi connectivity index (χ0v) is 10.0. The normalized spacial score (nSPS) is 9.65. The number of hydrogen-bond acceptors (Lipinski definition) is 4. The first kappa shape index (κ1) is 11.6. The van der Waals surface area contributed by atoms with E-state index in [0.717, 1.165) is 0 Å². The molecule has 2 aromatic heterocycles. The first-order chi connectivity index (χ1) is 8.20. The van der Waals surface area contributed by atoms with Crippen molar-refractivity contribution in [2.75, 3.05) is 5.32 Å². The Kier molecular flexibility index (Phi) is 3.38. The van der Waals surface area contributed by atoms with Crippen LogP contribution in [0.2, 0.25) is 5.02 Å². The van der Waals surface area contributed by atoms with E-state index in [-0.39, 0.29) is 11.6 Å². The van der Waals surface area contributed by atoms with E-state index in [1.807, 2.05) is 6.07 Å². The number of nitrogens with one attached hydrogen (secondary N) is 1. The van der Waals surface area contributed by atoms with Gasteiger partial charge in [0.2, 0.25) is 0 Å². The summed E-state index contributed by atoms with van der Waals surface area (Å²) in [5.41, 5.74) is 0.250. The third-order valence-electron chi connectivity index (χ3n) is 1.93.